The second-order valence-electron chi connectivity index (χ2n) is 9.16. The minimum absolute atomic E-state index is 0.252. The first-order chi connectivity index (χ1) is 18.1. The Bertz CT molecular complexity index is 1280. The molecule has 2 heterocycles. The number of carboxylic acids is 1. The number of carbonyl (C=O) groups is 2. The quantitative estimate of drug-likeness (QED) is 0.506. The molecule has 11 heteroatoms. The zero-order valence-corrected chi connectivity index (χ0v) is 21.0. The highest BCUT2D eigenvalue weighted by Gasteiger charge is 2.53. The van der Waals surface area contributed by atoms with Crippen LogP contribution in [0.5, 0.6) is 11.5 Å². The summed E-state index contributed by atoms with van der Waals surface area (Å²) >= 11 is 0. The van der Waals surface area contributed by atoms with E-state index in [4.69, 9.17) is 19.4 Å². The molecule has 0 radical (unpaired) electrons. The number of aromatic amines is 1. The summed E-state index contributed by atoms with van der Waals surface area (Å²) in [5.74, 6) is -0.858. The number of ether oxygens (including phenoxy) is 2. The molecule has 0 atom stereocenters. The van der Waals surface area contributed by atoms with Crippen molar-refractivity contribution in [2.75, 3.05) is 27.3 Å². The lowest BCUT2D eigenvalue weighted by Gasteiger charge is -2.26. The van der Waals surface area contributed by atoms with Gasteiger partial charge in [0.2, 0.25) is 5.91 Å². The molecule has 0 bridgehead atoms. The van der Waals surface area contributed by atoms with E-state index >= 15 is 0 Å². The maximum absolute atomic E-state index is 13.5. The summed E-state index contributed by atoms with van der Waals surface area (Å²) in [4.78, 5) is 24.5. The van der Waals surface area contributed by atoms with E-state index in [0.717, 1.165) is 59.7 Å². The Hall–Kier alpha value is -4.02. The largest absolute Gasteiger partial charge is 0.497 e. The van der Waals surface area contributed by atoms with Gasteiger partial charge >= 0.3 is 12.1 Å². The van der Waals surface area contributed by atoms with Crippen LogP contribution in [0.3, 0.4) is 0 Å². The Morgan fingerprint density at radius 1 is 0.947 bits per heavy atom. The molecule has 3 aromatic rings. The third-order valence-corrected chi connectivity index (χ3v) is 6.91. The first-order valence-electron chi connectivity index (χ1n) is 12.0. The molecule has 0 unspecified atom stereocenters. The third kappa shape index (κ3) is 5.61. The molecule has 1 aliphatic carbocycles. The van der Waals surface area contributed by atoms with Crippen LogP contribution < -0.4 is 9.47 Å². The maximum atomic E-state index is 13.5. The maximum Gasteiger partial charge on any atom is 0.490 e. The van der Waals surface area contributed by atoms with Crippen molar-refractivity contribution in [2.45, 2.75) is 37.3 Å². The number of rotatable bonds is 5. The van der Waals surface area contributed by atoms with Gasteiger partial charge in [0.1, 0.15) is 11.5 Å². The van der Waals surface area contributed by atoms with Gasteiger partial charge in [-0.05, 0) is 61.2 Å². The summed E-state index contributed by atoms with van der Waals surface area (Å²) in [5.41, 5.74) is 5.13. The standard InChI is InChI=1S/C25H27N3O3.C2HF3O2/c1-30-19-7-3-17(4-8-19)23-21-11-15-28(16-12-22(21)26-27-23)24(29)25(13-14-25)18-5-9-20(31-2)10-6-18;3-2(4,5)1(6)7/h3-10H,11-16H2,1-2H3,(H,26,27);(H,6,7). The molecular formula is C27H28F3N3O5. The molecule has 202 valence electrons. The van der Waals surface area contributed by atoms with E-state index in [9.17, 15) is 18.0 Å². The molecular weight excluding hydrogens is 503 g/mol. The second kappa shape index (κ2) is 10.8. The summed E-state index contributed by atoms with van der Waals surface area (Å²) in [6, 6.07) is 15.9. The molecule has 5 rings (SSSR count). The fourth-order valence-electron chi connectivity index (χ4n) is 4.64. The Kier molecular flexibility index (Phi) is 7.66. The van der Waals surface area contributed by atoms with Gasteiger partial charge in [0, 0.05) is 36.3 Å². The van der Waals surface area contributed by atoms with Crippen LogP contribution in [0, 0.1) is 0 Å². The normalized spacial score (nSPS) is 15.9. The molecule has 0 spiro atoms. The first kappa shape index (κ1) is 27.0. The molecule has 2 aliphatic rings. The number of aromatic nitrogens is 2. The molecule has 0 saturated heterocycles. The van der Waals surface area contributed by atoms with Crippen LogP contribution in [0.2, 0.25) is 0 Å². The number of halogens is 3. The van der Waals surface area contributed by atoms with E-state index in [1.165, 1.54) is 5.56 Å². The predicted octanol–water partition coefficient (Wildman–Crippen LogP) is 4.39. The van der Waals surface area contributed by atoms with Crippen molar-refractivity contribution in [3.8, 4) is 22.8 Å². The van der Waals surface area contributed by atoms with Gasteiger partial charge in [0.05, 0.1) is 25.3 Å². The molecule has 1 amide bonds. The van der Waals surface area contributed by atoms with Gasteiger partial charge in [0.15, 0.2) is 0 Å². The number of alkyl halides is 3. The molecule has 8 nitrogen and oxygen atoms in total. The van der Waals surface area contributed by atoms with Crippen molar-refractivity contribution in [3.63, 3.8) is 0 Å². The van der Waals surface area contributed by atoms with Crippen LogP contribution in [0.15, 0.2) is 48.5 Å². The van der Waals surface area contributed by atoms with Crippen molar-refractivity contribution >= 4 is 11.9 Å². The molecule has 1 aromatic heterocycles. The Morgan fingerprint density at radius 3 is 1.97 bits per heavy atom. The molecule has 1 fully saturated rings. The number of nitrogens with zero attached hydrogens (tertiary/aromatic N) is 2. The Morgan fingerprint density at radius 2 is 1.47 bits per heavy atom. The van der Waals surface area contributed by atoms with E-state index < -0.39 is 12.1 Å². The van der Waals surface area contributed by atoms with Gasteiger partial charge in [-0.15, -0.1) is 0 Å². The first-order valence-corrected chi connectivity index (χ1v) is 12.0. The minimum atomic E-state index is -5.08. The zero-order chi connectivity index (χ0) is 27.5. The summed E-state index contributed by atoms with van der Waals surface area (Å²) in [6.07, 6.45) is -1.65. The van der Waals surface area contributed by atoms with Crippen LogP contribution in [-0.2, 0) is 27.8 Å². The number of H-pyrrole nitrogens is 1. The number of methoxy groups -OCH3 is 2. The highest BCUT2D eigenvalue weighted by Crippen LogP contribution is 2.50. The van der Waals surface area contributed by atoms with Gasteiger partial charge in [-0.25, -0.2) is 4.79 Å². The van der Waals surface area contributed by atoms with Crippen LogP contribution in [0.25, 0.3) is 11.3 Å². The lowest BCUT2D eigenvalue weighted by molar-refractivity contribution is -0.192. The molecule has 38 heavy (non-hydrogen) atoms. The number of aliphatic carboxylic acids is 1. The predicted molar refractivity (Wildman–Crippen MR) is 132 cm³/mol. The number of amides is 1. The number of hydrogen-bond acceptors (Lipinski definition) is 5. The van der Waals surface area contributed by atoms with Gasteiger partial charge in [-0.2, -0.15) is 18.3 Å². The van der Waals surface area contributed by atoms with E-state index in [1.54, 1.807) is 14.2 Å². The Balaban J connectivity index is 0.000000426. The fourth-order valence-corrected chi connectivity index (χ4v) is 4.64. The van der Waals surface area contributed by atoms with Gasteiger partial charge in [-0.1, -0.05) is 12.1 Å². The summed E-state index contributed by atoms with van der Waals surface area (Å²) in [5, 5.41) is 14.9. The smallest absolute Gasteiger partial charge is 0.490 e. The van der Waals surface area contributed by atoms with Crippen LogP contribution >= 0.6 is 0 Å². The van der Waals surface area contributed by atoms with Crippen molar-refractivity contribution in [2.24, 2.45) is 0 Å². The number of benzene rings is 2. The van der Waals surface area contributed by atoms with Crippen molar-refractivity contribution < 1.29 is 37.3 Å². The van der Waals surface area contributed by atoms with E-state index in [-0.39, 0.29) is 11.3 Å². The monoisotopic (exact) mass is 531 g/mol. The number of fused-ring (bicyclic) bond motifs is 1. The van der Waals surface area contributed by atoms with E-state index in [0.29, 0.717) is 13.1 Å². The van der Waals surface area contributed by atoms with Crippen molar-refractivity contribution in [3.05, 3.63) is 65.4 Å². The summed E-state index contributed by atoms with van der Waals surface area (Å²) in [6.45, 7) is 1.43. The zero-order valence-electron chi connectivity index (χ0n) is 21.0. The molecule has 1 saturated carbocycles. The van der Waals surface area contributed by atoms with Gasteiger partial charge in [-0.3, -0.25) is 9.89 Å². The average molecular weight is 532 g/mol. The van der Waals surface area contributed by atoms with Crippen LogP contribution in [0.1, 0.15) is 29.7 Å². The minimum Gasteiger partial charge on any atom is -0.497 e. The molecule has 2 N–H and O–H groups in total. The Labute approximate surface area is 217 Å². The van der Waals surface area contributed by atoms with Crippen molar-refractivity contribution in [1.82, 2.24) is 15.1 Å². The lowest BCUT2D eigenvalue weighted by atomic mass is 9.94. The van der Waals surface area contributed by atoms with Crippen LogP contribution in [0.4, 0.5) is 13.2 Å². The van der Waals surface area contributed by atoms with Gasteiger partial charge in [0.25, 0.3) is 0 Å². The number of nitrogens with one attached hydrogen (secondary N) is 1. The van der Waals surface area contributed by atoms with E-state index in [1.807, 2.05) is 53.4 Å². The number of hydrogen-bond donors (Lipinski definition) is 2. The molecule has 2 aromatic carbocycles. The highest BCUT2D eigenvalue weighted by molar-refractivity contribution is 5.91. The average Bonchev–Trinajstić information content (AvgIpc) is 3.67. The summed E-state index contributed by atoms with van der Waals surface area (Å²) < 4.78 is 42.3. The lowest BCUT2D eigenvalue weighted by Crippen LogP contribution is -2.40. The molecule has 1 aliphatic heterocycles. The topological polar surface area (TPSA) is 105 Å². The third-order valence-electron chi connectivity index (χ3n) is 6.91. The summed E-state index contributed by atoms with van der Waals surface area (Å²) in [7, 11) is 3.33. The number of carbonyl (C=O) groups excluding carboxylic acids is 1. The van der Waals surface area contributed by atoms with Gasteiger partial charge < -0.3 is 19.5 Å². The fraction of sp³-hybridized carbons (Fsp3) is 0.370. The van der Waals surface area contributed by atoms with Crippen molar-refractivity contribution in [1.29, 1.82) is 0 Å². The second-order valence-corrected chi connectivity index (χ2v) is 9.16. The van der Waals surface area contributed by atoms with E-state index in [2.05, 4.69) is 10.2 Å². The SMILES string of the molecule is COc1ccc(-c2n[nH]c3c2CCN(C(=O)C2(c4ccc(OC)cc4)CC2)CC3)cc1.O=C(O)C(F)(F)F. The highest BCUT2D eigenvalue weighted by atomic mass is 19.4. The van der Waals surface area contributed by atoms with Crippen LogP contribution in [-0.4, -0.2) is 65.6 Å². The number of carboxylic acid groups (broad SMARTS) is 1.